The number of hydrogen-bond acceptors (Lipinski definition) is 3. The van der Waals surface area contributed by atoms with Gasteiger partial charge in [-0.1, -0.05) is 6.92 Å². The SMILES string of the molecule is CC(CN(C)CC(C#N)C(F)(F)F)C(=O)O. The van der Waals surface area contributed by atoms with E-state index in [9.17, 15) is 18.0 Å². The smallest absolute Gasteiger partial charge is 0.405 e. The van der Waals surface area contributed by atoms with Crippen LogP contribution in [0.5, 0.6) is 0 Å². The number of carbonyl (C=O) groups is 1. The van der Waals surface area contributed by atoms with Gasteiger partial charge in [-0.05, 0) is 7.05 Å². The molecule has 0 aromatic rings. The molecule has 2 unspecified atom stereocenters. The topological polar surface area (TPSA) is 64.3 Å². The van der Waals surface area contributed by atoms with Crippen molar-refractivity contribution in [3.63, 3.8) is 0 Å². The van der Waals surface area contributed by atoms with E-state index >= 15 is 0 Å². The highest BCUT2D eigenvalue weighted by molar-refractivity contribution is 5.69. The molecule has 0 spiro atoms. The minimum Gasteiger partial charge on any atom is -0.481 e. The Morgan fingerprint density at radius 2 is 2.00 bits per heavy atom. The fraction of sp³-hybridized carbons (Fsp3) is 0.778. The van der Waals surface area contributed by atoms with E-state index in [1.165, 1.54) is 18.9 Å². The van der Waals surface area contributed by atoms with Crippen LogP contribution in [0.25, 0.3) is 0 Å². The fourth-order valence-electron chi connectivity index (χ4n) is 1.15. The minimum absolute atomic E-state index is 0.0242. The average molecular weight is 238 g/mol. The summed E-state index contributed by atoms with van der Waals surface area (Å²) in [4.78, 5) is 11.7. The van der Waals surface area contributed by atoms with Crippen LogP contribution >= 0.6 is 0 Å². The van der Waals surface area contributed by atoms with Gasteiger partial charge in [-0.25, -0.2) is 0 Å². The van der Waals surface area contributed by atoms with Crippen LogP contribution in [0.4, 0.5) is 13.2 Å². The van der Waals surface area contributed by atoms with Crippen LogP contribution in [-0.4, -0.2) is 42.3 Å². The van der Waals surface area contributed by atoms with Crippen LogP contribution in [0.2, 0.25) is 0 Å². The van der Waals surface area contributed by atoms with Crippen molar-refractivity contribution in [3.05, 3.63) is 0 Å². The Hall–Kier alpha value is -1.29. The summed E-state index contributed by atoms with van der Waals surface area (Å²) in [6.45, 7) is 0.856. The largest absolute Gasteiger partial charge is 0.481 e. The van der Waals surface area contributed by atoms with Crippen LogP contribution in [0, 0.1) is 23.2 Å². The molecule has 16 heavy (non-hydrogen) atoms. The van der Waals surface area contributed by atoms with E-state index in [4.69, 9.17) is 10.4 Å². The summed E-state index contributed by atoms with van der Waals surface area (Å²) in [7, 11) is 1.36. The number of nitrogens with zero attached hydrogens (tertiary/aromatic N) is 2. The zero-order chi connectivity index (χ0) is 12.9. The summed E-state index contributed by atoms with van der Waals surface area (Å²) in [5.74, 6) is -3.93. The van der Waals surface area contributed by atoms with Gasteiger partial charge in [0.15, 0.2) is 5.92 Å². The molecule has 0 bridgehead atoms. The zero-order valence-electron chi connectivity index (χ0n) is 8.95. The van der Waals surface area contributed by atoms with Gasteiger partial charge in [0.25, 0.3) is 0 Å². The molecule has 1 N–H and O–H groups in total. The van der Waals surface area contributed by atoms with Gasteiger partial charge in [-0.2, -0.15) is 18.4 Å². The highest BCUT2D eigenvalue weighted by Crippen LogP contribution is 2.26. The van der Waals surface area contributed by atoms with Crippen molar-refractivity contribution < 1.29 is 23.1 Å². The van der Waals surface area contributed by atoms with Crippen molar-refractivity contribution in [2.24, 2.45) is 11.8 Å². The summed E-state index contributed by atoms with van der Waals surface area (Å²) >= 11 is 0. The fourth-order valence-corrected chi connectivity index (χ4v) is 1.15. The third-order valence-electron chi connectivity index (χ3n) is 2.05. The summed E-state index contributed by atoms with van der Waals surface area (Å²) in [6.07, 6.45) is -4.57. The van der Waals surface area contributed by atoms with Crippen LogP contribution in [0.1, 0.15) is 6.92 Å². The number of alkyl halides is 3. The summed E-state index contributed by atoms with van der Waals surface area (Å²) in [6, 6.07) is 1.16. The first kappa shape index (κ1) is 14.7. The van der Waals surface area contributed by atoms with E-state index in [1.54, 1.807) is 0 Å². The maximum absolute atomic E-state index is 12.2. The molecule has 0 saturated carbocycles. The standard InChI is InChI=1S/C9H13F3N2O2/c1-6(8(15)16)4-14(2)5-7(3-13)9(10,11)12/h6-7H,4-5H2,1-2H3,(H,15,16). The molecule has 0 saturated heterocycles. The average Bonchev–Trinajstić information content (AvgIpc) is 2.11. The summed E-state index contributed by atoms with van der Waals surface area (Å²) in [5.41, 5.74) is 0. The third-order valence-corrected chi connectivity index (χ3v) is 2.05. The summed E-state index contributed by atoms with van der Waals surface area (Å²) in [5, 5.41) is 16.9. The van der Waals surface area contributed by atoms with Gasteiger partial charge in [0, 0.05) is 13.1 Å². The van der Waals surface area contributed by atoms with E-state index in [0.717, 1.165) is 6.07 Å². The lowest BCUT2D eigenvalue weighted by molar-refractivity contribution is -0.162. The number of halogens is 3. The van der Waals surface area contributed by atoms with Crippen molar-refractivity contribution in [2.45, 2.75) is 13.1 Å². The Labute approximate surface area is 91.3 Å². The summed E-state index contributed by atoms with van der Waals surface area (Å²) < 4.78 is 36.6. The second kappa shape index (κ2) is 5.70. The number of rotatable bonds is 5. The monoisotopic (exact) mass is 238 g/mol. The predicted molar refractivity (Wildman–Crippen MR) is 49.5 cm³/mol. The predicted octanol–water partition coefficient (Wildman–Crippen LogP) is 1.34. The van der Waals surface area contributed by atoms with E-state index in [0.29, 0.717) is 0 Å². The highest BCUT2D eigenvalue weighted by atomic mass is 19.4. The normalized spacial score (nSPS) is 15.6. The van der Waals surface area contributed by atoms with E-state index in [1.807, 2.05) is 0 Å². The number of carboxylic acids is 1. The number of nitriles is 1. The maximum Gasteiger partial charge on any atom is 0.405 e. The Morgan fingerprint density at radius 1 is 1.50 bits per heavy atom. The van der Waals surface area contributed by atoms with Gasteiger partial charge in [-0.3, -0.25) is 4.79 Å². The van der Waals surface area contributed by atoms with Crippen molar-refractivity contribution in [2.75, 3.05) is 20.1 Å². The minimum atomic E-state index is -4.57. The molecule has 0 radical (unpaired) electrons. The Balaban J connectivity index is 4.29. The molecule has 0 amide bonds. The van der Waals surface area contributed by atoms with Gasteiger partial charge in [0.1, 0.15) is 0 Å². The molecule has 0 fully saturated rings. The molecule has 0 aliphatic carbocycles. The van der Waals surface area contributed by atoms with E-state index < -0.39 is 30.5 Å². The van der Waals surface area contributed by atoms with Crippen LogP contribution in [0.15, 0.2) is 0 Å². The molecule has 92 valence electrons. The molecule has 7 heteroatoms. The van der Waals surface area contributed by atoms with Crippen LogP contribution < -0.4 is 0 Å². The van der Waals surface area contributed by atoms with Crippen LogP contribution in [0.3, 0.4) is 0 Å². The second-order valence-electron chi connectivity index (χ2n) is 3.68. The van der Waals surface area contributed by atoms with Gasteiger partial charge in [0.2, 0.25) is 0 Å². The van der Waals surface area contributed by atoms with Gasteiger partial charge in [0.05, 0.1) is 12.0 Å². The van der Waals surface area contributed by atoms with Crippen molar-refractivity contribution >= 4 is 5.97 Å². The maximum atomic E-state index is 12.2. The molecule has 2 atom stereocenters. The first-order valence-electron chi connectivity index (χ1n) is 4.56. The zero-order valence-corrected chi connectivity index (χ0v) is 8.95. The second-order valence-corrected chi connectivity index (χ2v) is 3.68. The highest BCUT2D eigenvalue weighted by Gasteiger charge is 2.40. The Bertz CT molecular complexity index is 285. The molecule has 0 aliphatic heterocycles. The molecule has 0 aromatic heterocycles. The molecule has 0 aromatic carbocycles. The van der Waals surface area contributed by atoms with Crippen LogP contribution in [-0.2, 0) is 4.79 Å². The lowest BCUT2D eigenvalue weighted by Crippen LogP contribution is -2.37. The quantitative estimate of drug-likeness (QED) is 0.785. The van der Waals surface area contributed by atoms with Crippen molar-refractivity contribution in [1.29, 1.82) is 5.26 Å². The molecular weight excluding hydrogens is 225 g/mol. The van der Waals surface area contributed by atoms with E-state index in [-0.39, 0.29) is 6.54 Å². The molecule has 0 heterocycles. The Morgan fingerprint density at radius 3 is 2.31 bits per heavy atom. The number of aliphatic carboxylic acids is 1. The number of hydrogen-bond donors (Lipinski definition) is 1. The number of carboxylic acid groups (broad SMARTS) is 1. The van der Waals surface area contributed by atoms with Crippen molar-refractivity contribution in [3.8, 4) is 6.07 Å². The third kappa shape index (κ3) is 4.98. The first-order chi connectivity index (χ1) is 7.18. The van der Waals surface area contributed by atoms with E-state index in [2.05, 4.69) is 0 Å². The first-order valence-corrected chi connectivity index (χ1v) is 4.56. The molecule has 0 rings (SSSR count). The molecular formula is C9H13F3N2O2. The Kier molecular flexibility index (Phi) is 5.24. The lowest BCUT2D eigenvalue weighted by Gasteiger charge is -2.22. The van der Waals surface area contributed by atoms with Crippen molar-refractivity contribution in [1.82, 2.24) is 4.90 Å². The van der Waals surface area contributed by atoms with Gasteiger partial charge < -0.3 is 10.0 Å². The molecule has 0 aliphatic rings. The molecule has 4 nitrogen and oxygen atoms in total. The lowest BCUT2D eigenvalue weighted by atomic mass is 10.1. The van der Waals surface area contributed by atoms with Gasteiger partial charge >= 0.3 is 12.1 Å². The van der Waals surface area contributed by atoms with Gasteiger partial charge in [-0.15, -0.1) is 0 Å².